The third-order valence-corrected chi connectivity index (χ3v) is 4.02. The largest absolute Gasteiger partial charge is 0.468 e. The van der Waals surface area contributed by atoms with Gasteiger partial charge >= 0.3 is 5.97 Å². The highest BCUT2D eigenvalue weighted by atomic mass is 16.5. The van der Waals surface area contributed by atoms with Crippen molar-refractivity contribution >= 4 is 11.7 Å². The van der Waals surface area contributed by atoms with Crippen LogP contribution < -0.4 is 10.2 Å². The van der Waals surface area contributed by atoms with Crippen LogP contribution in [0.4, 0.5) is 5.69 Å². The van der Waals surface area contributed by atoms with Gasteiger partial charge in [-0.1, -0.05) is 17.7 Å². The number of carbonyl (C=O) groups is 1. The lowest BCUT2D eigenvalue weighted by Gasteiger charge is -2.24. The minimum Gasteiger partial charge on any atom is -0.468 e. The topological polar surface area (TPSA) is 41.6 Å². The first-order valence-electron chi connectivity index (χ1n) is 7.63. The van der Waals surface area contributed by atoms with Crippen molar-refractivity contribution in [2.45, 2.75) is 45.2 Å². The minimum absolute atomic E-state index is 0.157. The second kappa shape index (κ2) is 6.94. The molecule has 0 amide bonds. The maximum atomic E-state index is 11.8. The summed E-state index contributed by atoms with van der Waals surface area (Å²) >= 11 is 0. The molecule has 1 aliphatic rings. The van der Waals surface area contributed by atoms with Gasteiger partial charge in [-0.25, -0.2) is 0 Å². The summed E-state index contributed by atoms with van der Waals surface area (Å²) in [6.45, 7) is 5.05. The molecule has 1 fully saturated rings. The van der Waals surface area contributed by atoms with Gasteiger partial charge in [0, 0.05) is 25.3 Å². The Morgan fingerprint density at radius 2 is 2.14 bits per heavy atom. The molecule has 1 aromatic carbocycles. The van der Waals surface area contributed by atoms with E-state index in [4.69, 9.17) is 4.74 Å². The van der Waals surface area contributed by atoms with Crippen LogP contribution in [-0.2, 0) is 9.53 Å². The highest BCUT2D eigenvalue weighted by Gasteiger charge is 2.28. The number of carbonyl (C=O) groups excluding carboxylic acids is 1. The van der Waals surface area contributed by atoms with Gasteiger partial charge in [0.15, 0.2) is 0 Å². The predicted octanol–water partition coefficient (Wildman–Crippen LogP) is 2.42. The third kappa shape index (κ3) is 4.46. The summed E-state index contributed by atoms with van der Waals surface area (Å²) in [6.07, 6.45) is 3.09. The van der Waals surface area contributed by atoms with E-state index in [1.807, 2.05) is 0 Å². The van der Waals surface area contributed by atoms with Gasteiger partial charge in [-0.15, -0.1) is 0 Å². The quantitative estimate of drug-likeness (QED) is 0.783. The molecule has 4 heteroatoms. The van der Waals surface area contributed by atoms with E-state index < -0.39 is 0 Å². The number of rotatable bonds is 7. The summed E-state index contributed by atoms with van der Waals surface area (Å²) in [5.74, 6) is -0.157. The summed E-state index contributed by atoms with van der Waals surface area (Å²) in [4.78, 5) is 14.0. The Bertz CT molecular complexity index is 498. The summed E-state index contributed by atoms with van der Waals surface area (Å²) in [5.41, 5.74) is 3.75. The van der Waals surface area contributed by atoms with Crippen LogP contribution in [0.3, 0.4) is 0 Å². The lowest BCUT2D eigenvalue weighted by Crippen LogP contribution is -2.41. The summed E-state index contributed by atoms with van der Waals surface area (Å²) in [5, 5.41) is 3.37. The Morgan fingerprint density at radius 1 is 1.43 bits per heavy atom. The van der Waals surface area contributed by atoms with E-state index in [1.165, 1.54) is 36.8 Å². The van der Waals surface area contributed by atoms with Crippen molar-refractivity contribution in [2.24, 2.45) is 0 Å². The van der Waals surface area contributed by atoms with E-state index in [2.05, 4.69) is 49.3 Å². The monoisotopic (exact) mass is 290 g/mol. The zero-order valence-electron chi connectivity index (χ0n) is 13.5. The van der Waals surface area contributed by atoms with Gasteiger partial charge in [0.25, 0.3) is 0 Å². The average molecular weight is 290 g/mol. The molecule has 2 rings (SSSR count). The number of aryl methyl sites for hydroxylation is 2. The van der Waals surface area contributed by atoms with Crippen molar-refractivity contribution in [1.82, 2.24) is 5.32 Å². The smallest absolute Gasteiger partial charge is 0.322 e. The molecule has 4 nitrogen and oxygen atoms in total. The van der Waals surface area contributed by atoms with Crippen molar-refractivity contribution in [3.8, 4) is 0 Å². The molecule has 1 aliphatic carbocycles. The maximum Gasteiger partial charge on any atom is 0.322 e. The fourth-order valence-corrected chi connectivity index (χ4v) is 2.62. The lowest BCUT2D eigenvalue weighted by atomic mass is 10.1. The standard InChI is InChI=1S/C17H26N2O2/c1-12-5-8-16(13(2)11-12)19(3)10-9-15(17(20)21-4)18-14-6-7-14/h5,8,11,14-15,18H,6-7,9-10H2,1-4H3. The number of methoxy groups -OCH3 is 1. The second-order valence-corrected chi connectivity index (χ2v) is 6.02. The van der Waals surface area contributed by atoms with Gasteiger partial charge in [0.1, 0.15) is 6.04 Å². The Kier molecular flexibility index (Phi) is 5.23. The number of anilines is 1. The molecule has 0 radical (unpaired) electrons. The number of ether oxygens (including phenoxy) is 1. The minimum atomic E-state index is -0.198. The van der Waals surface area contributed by atoms with Crippen LogP contribution in [0.25, 0.3) is 0 Å². The van der Waals surface area contributed by atoms with Gasteiger partial charge in [-0.3, -0.25) is 4.79 Å². The molecule has 1 N–H and O–H groups in total. The van der Waals surface area contributed by atoms with Gasteiger partial charge in [-0.05, 0) is 44.7 Å². The van der Waals surface area contributed by atoms with Gasteiger partial charge in [0.05, 0.1) is 7.11 Å². The van der Waals surface area contributed by atoms with E-state index in [1.54, 1.807) is 0 Å². The number of hydrogen-bond acceptors (Lipinski definition) is 4. The molecule has 0 aliphatic heterocycles. The molecule has 0 saturated heterocycles. The number of nitrogens with one attached hydrogen (secondary N) is 1. The van der Waals surface area contributed by atoms with E-state index >= 15 is 0 Å². The molecular weight excluding hydrogens is 264 g/mol. The molecule has 1 saturated carbocycles. The van der Waals surface area contributed by atoms with Crippen LogP contribution in [0.1, 0.15) is 30.4 Å². The Balaban J connectivity index is 1.93. The normalized spacial score (nSPS) is 15.6. The van der Waals surface area contributed by atoms with Crippen molar-refractivity contribution < 1.29 is 9.53 Å². The highest BCUT2D eigenvalue weighted by Crippen LogP contribution is 2.22. The zero-order valence-corrected chi connectivity index (χ0v) is 13.5. The summed E-state index contributed by atoms with van der Waals surface area (Å²) in [7, 11) is 3.53. The molecule has 1 unspecified atom stereocenters. The molecule has 0 aromatic heterocycles. The molecule has 0 heterocycles. The Hall–Kier alpha value is -1.55. The predicted molar refractivity (Wildman–Crippen MR) is 85.8 cm³/mol. The summed E-state index contributed by atoms with van der Waals surface area (Å²) < 4.78 is 4.90. The van der Waals surface area contributed by atoms with E-state index in [-0.39, 0.29) is 12.0 Å². The number of esters is 1. The first-order chi connectivity index (χ1) is 10.0. The summed E-state index contributed by atoms with van der Waals surface area (Å²) in [6, 6.07) is 6.76. The fourth-order valence-electron chi connectivity index (χ4n) is 2.62. The van der Waals surface area contributed by atoms with Crippen LogP contribution in [0.2, 0.25) is 0 Å². The number of benzene rings is 1. The maximum absolute atomic E-state index is 11.8. The first kappa shape index (κ1) is 15.8. The first-order valence-corrected chi connectivity index (χ1v) is 7.63. The number of nitrogens with zero attached hydrogens (tertiary/aromatic N) is 1. The van der Waals surface area contributed by atoms with Crippen LogP contribution in [0, 0.1) is 13.8 Å². The Labute approximate surface area is 127 Å². The molecule has 116 valence electrons. The molecule has 1 atom stereocenters. The Morgan fingerprint density at radius 3 is 2.71 bits per heavy atom. The van der Waals surface area contributed by atoms with Crippen LogP contribution in [0.5, 0.6) is 0 Å². The average Bonchev–Trinajstić information content (AvgIpc) is 3.26. The third-order valence-electron chi connectivity index (χ3n) is 4.02. The van der Waals surface area contributed by atoms with Crippen LogP contribution in [0.15, 0.2) is 18.2 Å². The SMILES string of the molecule is COC(=O)C(CCN(C)c1ccc(C)cc1C)NC1CC1. The van der Waals surface area contributed by atoms with Gasteiger partial charge in [0.2, 0.25) is 0 Å². The molecule has 0 spiro atoms. The highest BCUT2D eigenvalue weighted by molar-refractivity contribution is 5.75. The van der Waals surface area contributed by atoms with E-state index in [0.29, 0.717) is 6.04 Å². The lowest BCUT2D eigenvalue weighted by molar-refractivity contribution is -0.143. The molecule has 21 heavy (non-hydrogen) atoms. The molecule has 1 aromatic rings. The van der Waals surface area contributed by atoms with E-state index in [9.17, 15) is 4.79 Å². The molecule has 0 bridgehead atoms. The number of hydrogen-bond donors (Lipinski definition) is 1. The van der Waals surface area contributed by atoms with Crippen LogP contribution in [-0.4, -0.2) is 38.8 Å². The van der Waals surface area contributed by atoms with Crippen LogP contribution >= 0.6 is 0 Å². The van der Waals surface area contributed by atoms with E-state index in [0.717, 1.165) is 13.0 Å². The zero-order chi connectivity index (χ0) is 15.4. The van der Waals surface area contributed by atoms with Gasteiger partial charge in [-0.2, -0.15) is 0 Å². The fraction of sp³-hybridized carbons (Fsp3) is 0.588. The van der Waals surface area contributed by atoms with Crippen molar-refractivity contribution in [2.75, 3.05) is 25.6 Å². The van der Waals surface area contributed by atoms with Crippen molar-refractivity contribution in [3.63, 3.8) is 0 Å². The van der Waals surface area contributed by atoms with Crippen molar-refractivity contribution in [3.05, 3.63) is 29.3 Å². The van der Waals surface area contributed by atoms with Gasteiger partial charge < -0.3 is 15.0 Å². The molecular formula is C17H26N2O2. The second-order valence-electron chi connectivity index (χ2n) is 6.02. The van der Waals surface area contributed by atoms with Crippen molar-refractivity contribution in [1.29, 1.82) is 0 Å².